The van der Waals surface area contributed by atoms with Crippen LogP contribution in [0.5, 0.6) is 0 Å². The Morgan fingerprint density at radius 3 is 3.10 bits per heavy atom. The first-order valence-corrected chi connectivity index (χ1v) is 7.44. The summed E-state index contributed by atoms with van der Waals surface area (Å²) in [6, 6.07) is 10.3. The van der Waals surface area contributed by atoms with Crippen molar-refractivity contribution in [1.29, 1.82) is 0 Å². The van der Waals surface area contributed by atoms with Gasteiger partial charge in [0.15, 0.2) is 5.82 Å². The van der Waals surface area contributed by atoms with Crippen molar-refractivity contribution in [3.8, 4) is 0 Å². The molecule has 0 unspecified atom stereocenters. The maximum atomic E-state index is 5.62. The summed E-state index contributed by atoms with van der Waals surface area (Å²) in [5.41, 5.74) is 1.34. The summed E-state index contributed by atoms with van der Waals surface area (Å²) < 4.78 is 5.62. The Hall–Kier alpha value is -1.68. The van der Waals surface area contributed by atoms with Crippen LogP contribution in [0.15, 0.2) is 34.9 Å². The van der Waals surface area contributed by atoms with Crippen LogP contribution >= 0.6 is 0 Å². The first kappa shape index (κ1) is 12.1. The molecule has 1 aliphatic carbocycles. The lowest BCUT2D eigenvalue weighted by molar-refractivity contribution is 0.264. The van der Waals surface area contributed by atoms with Gasteiger partial charge >= 0.3 is 0 Å². The molecule has 20 heavy (non-hydrogen) atoms. The summed E-state index contributed by atoms with van der Waals surface area (Å²) in [4.78, 5) is 4.70. The van der Waals surface area contributed by atoms with Crippen molar-refractivity contribution in [3.63, 3.8) is 0 Å². The zero-order valence-corrected chi connectivity index (χ0v) is 11.5. The van der Waals surface area contributed by atoms with E-state index in [1.54, 1.807) is 0 Å². The Kier molecular flexibility index (Phi) is 2.84. The van der Waals surface area contributed by atoms with Gasteiger partial charge in [-0.3, -0.25) is 0 Å². The third-order valence-electron chi connectivity index (χ3n) is 4.89. The van der Waals surface area contributed by atoms with Crippen molar-refractivity contribution < 1.29 is 4.52 Å². The summed E-state index contributed by atoms with van der Waals surface area (Å²) in [6.07, 6.45) is 4.49. The first-order chi connectivity index (χ1) is 9.87. The van der Waals surface area contributed by atoms with Crippen molar-refractivity contribution in [3.05, 3.63) is 47.6 Å². The van der Waals surface area contributed by atoms with E-state index < -0.39 is 0 Å². The second-order valence-electron chi connectivity index (χ2n) is 6.05. The van der Waals surface area contributed by atoms with Crippen molar-refractivity contribution in [2.24, 2.45) is 5.92 Å². The Morgan fingerprint density at radius 1 is 1.30 bits per heavy atom. The molecule has 1 aromatic carbocycles. The zero-order chi connectivity index (χ0) is 13.4. The predicted molar refractivity (Wildman–Crippen MR) is 75.4 cm³/mol. The quantitative estimate of drug-likeness (QED) is 0.929. The number of rotatable bonds is 3. The average Bonchev–Trinajstić information content (AvgIpc) is 3.13. The van der Waals surface area contributed by atoms with E-state index >= 15 is 0 Å². The molecule has 4 heteroatoms. The van der Waals surface area contributed by atoms with Gasteiger partial charge < -0.3 is 9.84 Å². The molecule has 1 aromatic heterocycles. The summed E-state index contributed by atoms with van der Waals surface area (Å²) in [6.45, 7) is 2.08. The number of nitrogens with one attached hydrogen (secondary N) is 1. The van der Waals surface area contributed by atoms with Crippen molar-refractivity contribution in [1.82, 2.24) is 15.5 Å². The molecule has 1 saturated carbocycles. The number of aromatic nitrogens is 2. The molecule has 1 N–H and O–H groups in total. The molecule has 2 aliphatic rings. The lowest BCUT2D eigenvalue weighted by Gasteiger charge is -2.22. The molecule has 0 amide bonds. The third-order valence-corrected chi connectivity index (χ3v) is 4.89. The molecule has 4 nitrogen and oxygen atoms in total. The molecule has 2 fully saturated rings. The Balaban J connectivity index is 1.59. The van der Waals surface area contributed by atoms with Gasteiger partial charge in [0.2, 0.25) is 5.89 Å². The normalized spacial score (nSPS) is 28.7. The maximum Gasteiger partial charge on any atom is 0.234 e. The highest BCUT2D eigenvalue weighted by Gasteiger charge is 2.51. The van der Waals surface area contributed by atoms with E-state index in [9.17, 15) is 0 Å². The number of nitrogens with zero attached hydrogens (tertiary/aromatic N) is 2. The number of hydrogen-bond acceptors (Lipinski definition) is 4. The molecule has 2 heterocycles. The SMILES string of the molecule is c1ccc(Cc2noc([C@]34CCC[C@@H]3CNC4)n2)cc1. The summed E-state index contributed by atoms with van der Waals surface area (Å²) >= 11 is 0. The standard InChI is InChI=1S/C16H19N3O/c1-2-5-12(6-3-1)9-14-18-15(20-19-14)16-8-4-7-13(16)10-17-11-16/h1-3,5-6,13,17H,4,7-11H2/t13-,16+/m1/s1. The largest absolute Gasteiger partial charge is 0.339 e. The minimum absolute atomic E-state index is 0.113. The van der Waals surface area contributed by atoms with Gasteiger partial charge in [-0.05, 0) is 30.9 Å². The minimum Gasteiger partial charge on any atom is -0.339 e. The van der Waals surface area contributed by atoms with Crippen LogP contribution in [0.3, 0.4) is 0 Å². The Morgan fingerprint density at radius 2 is 2.20 bits per heavy atom. The summed E-state index contributed by atoms with van der Waals surface area (Å²) in [5.74, 6) is 2.33. The second-order valence-corrected chi connectivity index (χ2v) is 6.05. The van der Waals surface area contributed by atoms with Gasteiger partial charge in [-0.1, -0.05) is 41.9 Å². The van der Waals surface area contributed by atoms with Gasteiger partial charge in [0.05, 0.1) is 5.41 Å². The fraction of sp³-hybridized carbons (Fsp3) is 0.500. The van der Waals surface area contributed by atoms with Crippen LogP contribution in [-0.2, 0) is 11.8 Å². The summed E-state index contributed by atoms with van der Waals surface area (Å²) in [7, 11) is 0. The lowest BCUT2D eigenvalue weighted by Crippen LogP contribution is -2.31. The molecule has 1 aliphatic heterocycles. The lowest BCUT2D eigenvalue weighted by atomic mass is 9.80. The van der Waals surface area contributed by atoms with Gasteiger partial charge in [-0.2, -0.15) is 4.98 Å². The van der Waals surface area contributed by atoms with E-state index in [4.69, 9.17) is 9.51 Å². The highest BCUT2D eigenvalue weighted by molar-refractivity contribution is 5.20. The number of hydrogen-bond donors (Lipinski definition) is 1. The van der Waals surface area contributed by atoms with E-state index in [-0.39, 0.29) is 5.41 Å². The van der Waals surface area contributed by atoms with Crippen LogP contribution < -0.4 is 5.32 Å². The van der Waals surface area contributed by atoms with Gasteiger partial charge in [0.1, 0.15) is 0 Å². The minimum atomic E-state index is 0.113. The monoisotopic (exact) mass is 269 g/mol. The molecule has 1 saturated heterocycles. The van der Waals surface area contributed by atoms with Gasteiger partial charge in [0.25, 0.3) is 0 Å². The molecule has 104 valence electrons. The van der Waals surface area contributed by atoms with E-state index in [1.807, 2.05) is 18.2 Å². The Bertz CT molecular complexity index is 583. The molecule has 0 spiro atoms. The van der Waals surface area contributed by atoms with Crippen LogP contribution in [-0.4, -0.2) is 23.2 Å². The van der Waals surface area contributed by atoms with E-state index in [0.29, 0.717) is 5.92 Å². The fourth-order valence-corrected chi connectivity index (χ4v) is 3.81. The zero-order valence-electron chi connectivity index (χ0n) is 11.5. The summed E-state index contributed by atoms with van der Waals surface area (Å²) in [5, 5.41) is 7.69. The molecule has 2 atom stereocenters. The van der Waals surface area contributed by atoms with Gasteiger partial charge in [-0.25, -0.2) is 0 Å². The fourth-order valence-electron chi connectivity index (χ4n) is 3.81. The van der Waals surface area contributed by atoms with E-state index in [1.165, 1.54) is 24.8 Å². The van der Waals surface area contributed by atoms with Crippen LogP contribution in [0.25, 0.3) is 0 Å². The first-order valence-electron chi connectivity index (χ1n) is 7.44. The van der Waals surface area contributed by atoms with E-state index in [2.05, 4.69) is 22.6 Å². The highest BCUT2D eigenvalue weighted by Crippen LogP contribution is 2.47. The van der Waals surface area contributed by atoms with Gasteiger partial charge in [0, 0.05) is 13.0 Å². The molecular weight excluding hydrogens is 250 g/mol. The highest BCUT2D eigenvalue weighted by atomic mass is 16.5. The van der Waals surface area contributed by atoms with Crippen molar-refractivity contribution in [2.75, 3.05) is 13.1 Å². The molecular formula is C16H19N3O. The number of benzene rings is 1. The van der Waals surface area contributed by atoms with Crippen LogP contribution in [0.1, 0.15) is 36.5 Å². The van der Waals surface area contributed by atoms with Crippen LogP contribution in [0.2, 0.25) is 0 Å². The molecule has 0 radical (unpaired) electrons. The molecule has 0 bridgehead atoms. The topological polar surface area (TPSA) is 51.0 Å². The third kappa shape index (κ3) is 1.86. The molecule has 4 rings (SSSR count). The van der Waals surface area contributed by atoms with Crippen molar-refractivity contribution in [2.45, 2.75) is 31.1 Å². The van der Waals surface area contributed by atoms with E-state index in [0.717, 1.165) is 31.2 Å². The molecule has 2 aromatic rings. The Labute approximate surface area is 118 Å². The smallest absolute Gasteiger partial charge is 0.234 e. The number of fused-ring (bicyclic) bond motifs is 1. The predicted octanol–water partition coefficient (Wildman–Crippen LogP) is 2.30. The van der Waals surface area contributed by atoms with Crippen molar-refractivity contribution >= 4 is 0 Å². The van der Waals surface area contributed by atoms with Crippen LogP contribution in [0, 0.1) is 5.92 Å². The second kappa shape index (κ2) is 4.70. The average molecular weight is 269 g/mol. The van der Waals surface area contributed by atoms with Gasteiger partial charge in [-0.15, -0.1) is 0 Å². The van der Waals surface area contributed by atoms with Crippen LogP contribution in [0.4, 0.5) is 0 Å². The maximum absolute atomic E-state index is 5.62.